The molecule has 6 nitrogen and oxygen atoms in total. The third-order valence-corrected chi connectivity index (χ3v) is 6.95. The molecule has 1 aliphatic carbocycles. The van der Waals surface area contributed by atoms with Gasteiger partial charge in [0, 0.05) is 37.3 Å². The fraction of sp³-hybridized carbons (Fsp3) is 0.500. The number of carboxylic acids is 1. The maximum atomic E-state index is 11.6. The van der Waals surface area contributed by atoms with Crippen molar-refractivity contribution in [3.05, 3.63) is 65.5 Å². The van der Waals surface area contributed by atoms with Crippen LogP contribution in [0.2, 0.25) is 0 Å². The summed E-state index contributed by atoms with van der Waals surface area (Å²) in [5.41, 5.74) is 2.90. The van der Waals surface area contributed by atoms with Crippen molar-refractivity contribution in [3.8, 4) is 11.1 Å². The number of aromatic carboxylic acids is 1. The molecule has 1 fully saturated rings. The molecule has 0 spiro atoms. The van der Waals surface area contributed by atoms with Gasteiger partial charge in [0.2, 0.25) is 0 Å². The summed E-state index contributed by atoms with van der Waals surface area (Å²) < 4.78 is 2.11. The third kappa shape index (κ3) is 6.31. The van der Waals surface area contributed by atoms with E-state index in [4.69, 9.17) is 10.1 Å². The first kappa shape index (κ1) is 24.1. The highest BCUT2D eigenvalue weighted by atomic mass is 16.4. The largest absolute Gasteiger partial charge is 0.478 e. The first-order valence-corrected chi connectivity index (χ1v) is 12.8. The second kappa shape index (κ2) is 11.9. The zero-order valence-corrected chi connectivity index (χ0v) is 20.2. The smallest absolute Gasteiger partial charge is 0.336 e. The van der Waals surface area contributed by atoms with Gasteiger partial charge in [-0.15, -0.1) is 0 Å². The molecule has 34 heavy (non-hydrogen) atoms. The SMILES string of the molecule is CCCCCn1nc(CCC2CCCCC2)nc1Cc1ccc(-c2cnccc2C(=O)O)cc1. The van der Waals surface area contributed by atoms with Gasteiger partial charge in [-0.25, -0.2) is 14.5 Å². The zero-order valence-electron chi connectivity index (χ0n) is 20.2. The van der Waals surface area contributed by atoms with Crippen molar-refractivity contribution in [2.24, 2.45) is 5.92 Å². The third-order valence-electron chi connectivity index (χ3n) is 6.95. The van der Waals surface area contributed by atoms with Gasteiger partial charge in [0.15, 0.2) is 5.82 Å². The molecule has 0 aliphatic heterocycles. The number of carbonyl (C=O) groups is 1. The topological polar surface area (TPSA) is 80.9 Å². The molecule has 1 aliphatic rings. The van der Waals surface area contributed by atoms with Gasteiger partial charge in [0.1, 0.15) is 5.82 Å². The van der Waals surface area contributed by atoms with E-state index < -0.39 is 5.97 Å². The van der Waals surface area contributed by atoms with Gasteiger partial charge in [0.25, 0.3) is 0 Å². The highest BCUT2D eigenvalue weighted by Crippen LogP contribution is 2.27. The lowest BCUT2D eigenvalue weighted by molar-refractivity contribution is 0.0697. The van der Waals surface area contributed by atoms with Crippen LogP contribution in [0.4, 0.5) is 0 Å². The van der Waals surface area contributed by atoms with Crippen molar-refractivity contribution in [2.75, 3.05) is 0 Å². The Labute approximate surface area is 202 Å². The molecule has 2 heterocycles. The molecule has 4 rings (SSSR count). The lowest BCUT2D eigenvalue weighted by atomic mass is 9.86. The van der Waals surface area contributed by atoms with E-state index in [-0.39, 0.29) is 5.56 Å². The molecular formula is C28H36N4O2. The van der Waals surface area contributed by atoms with E-state index in [1.807, 2.05) is 12.1 Å². The average molecular weight is 461 g/mol. The summed E-state index contributed by atoms with van der Waals surface area (Å²) in [5, 5.41) is 14.4. The van der Waals surface area contributed by atoms with Gasteiger partial charge >= 0.3 is 5.97 Å². The molecule has 2 aromatic heterocycles. The van der Waals surface area contributed by atoms with Crippen LogP contribution < -0.4 is 0 Å². The van der Waals surface area contributed by atoms with Crippen molar-refractivity contribution in [1.82, 2.24) is 19.7 Å². The Morgan fingerprint density at radius 1 is 1.09 bits per heavy atom. The van der Waals surface area contributed by atoms with Gasteiger partial charge in [-0.3, -0.25) is 4.98 Å². The molecule has 0 amide bonds. The van der Waals surface area contributed by atoms with Crippen LogP contribution in [0.5, 0.6) is 0 Å². The van der Waals surface area contributed by atoms with Crippen LogP contribution in [0.1, 0.15) is 92.3 Å². The van der Waals surface area contributed by atoms with Crippen molar-refractivity contribution in [2.45, 2.75) is 84.1 Å². The van der Waals surface area contributed by atoms with Crippen LogP contribution in [0.15, 0.2) is 42.7 Å². The second-order valence-corrected chi connectivity index (χ2v) is 9.52. The number of benzene rings is 1. The number of aryl methyl sites for hydroxylation is 2. The van der Waals surface area contributed by atoms with E-state index in [0.717, 1.165) is 54.5 Å². The van der Waals surface area contributed by atoms with Crippen molar-refractivity contribution in [3.63, 3.8) is 0 Å². The summed E-state index contributed by atoms with van der Waals surface area (Å²) in [6, 6.07) is 9.60. The first-order chi connectivity index (χ1) is 16.6. The Morgan fingerprint density at radius 3 is 2.62 bits per heavy atom. The number of hydrogen-bond acceptors (Lipinski definition) is 4. The molecule has 180 valence electrons. The van der Waals surface area contributed by atoms with Crippen LogP contribution in [0.25, 0.3) is 11.1 Å². The maximum Gasteiger partial charge on any atom is 0.336 e. The van der Waals surface area contributed by atoms with E-state index in [2.05, 4.69) is 28.7 Å². The van der Waals surface area contributed by atoms with Crippen LogP contribution in [-0.4, -0.2) is 30.8 Å². The van der Waals surface area contributed by atoms with E-state index in [1.165, 1.54) is 57.6 Å². The van der Waals surface area contributed by atoms with Crippen LogP contribution in [0, 0.1) is 5.92 Å². The molecule has 0 atom stereocenters. The zero-order chi connectivity index (χ0) is 23.8. The van der Waals surface area contributed by atoms with E-state index >= 15 is 0 Å². The molecule has 0 unspecified atom stereocenters. The Balaban J connectivity index is 1.47. The van der Waals surface area contributed by atoms with E-state index in [1.54, 1.807) is 12.3 Å². The predicted molar refractivity (Wildman–Crippen MR) is 134 cm³/mol. The van der Waals surface area contributed by atoms with Gasteiger partial charge in [-0.1, -0.05) is 76.1 Å². The molecule has 0 bridgehead atoms. The Morgan fingerprint density at radius 2 is 1.88 bits per heavy atom. The summed E-state index contributed by atoms with van der Waals surface area (Å²) >= 11 is 0. The molecule has 1 saturated carbocycles. The minimum atomic E-state index is -0.942. The van der Waals surface area contributed by atoms with Gasteiger partial charge < -0.3 is 5.11 Å². The maximum absolute atomic E-state index is 11.6. The monoisotopic (exact) mass is 460 g/mol. The number of nitrogens with zero attached hydrogens (tertiary/aromatic N) is 4. The normalized spacial score (nSPS) is 14.4. The molecular weight excluding hydrogens is 424 g/mol. The highest BCUT2D eigenvalue weighted by Gasteiger charge is 2.17. The number of carboxylic acid groups (broad SMARTS) is 1. The lowest BCUT2D eigenvalue weighted by Gasteiger charge is -2.20. The minimum absolute atomic E-state index is 0.265. The van der Waals surface area contributed by atoms with Crippen molar-refractivity contribution < 1.29 is 9.90 Å². The van der Waals surface area contributed by atoms with E-state index in [0.29, 0.717) is 5.56 Å². The number of unbranched alkanes of at least 4 members (excludes halogenated alkanes) is 2. The molecule has 1 aromatic carbocycles. The summed E-state index contributed by atoms with van der Waals surface area (Å²) in [6.45, 7) is 3.13. The molecule has 0 radical (unpaired) electrons. The fourth-order valence-corrected chi connectivity index (χ4v) is 4.96. The lowest BCUT2D eigenvalue weighted by Crippen LogP contribution is -2.08. The summed E-state index contributed by atoms with van der Waals surface area (Å²) in [5.74, 6) is 1.90. The minimum Gasteiger partial charge on any atom is -0.478 e. The van der Waals surface area contributed by atoms with Gasteiger partial charge in [0.05, 0.1) is 5.56 Å². The standard InChI is InChI=1S/C28H36N4O2/c1-2-3-7-18-32-27(30-26(31-32)15-12-21-8-5-4-6-9-21)19-22-10-13-23(14-11-22)25-20-29-17-16-24(25)28(33)34/h10-11,13-14,16-17,20-21H,2-9,12,15,18-19H2,1H3,(H,33,34). The molecule has 3 aromatic rings. The predicted octanol–water partition coefficient (Wildman–Crippen LogP) is 6.33. The number of pyridine rings is 1. The van der Waals surface area contributed by atoms with E-state index in [9.17, 15) is 9.90 Å². The Bertz CT molecular complexity index is 1070. The first-order valence-electron chi connectivity index (χ1n) is 12.8. The van der Waals surface area contributed by atoms with Crippen LogP contribution >= 0.6 is 0 Å². The number of hydrogen-bond donors (Lipinski definition) is 1. The van der Waals surface area contributed by atoms with Crippen molar-refractivity contribution >= 4 is 5.97 Å². The van der Waals surface area contributed by atoms with Crippen LogP contribution in [-0.2, 0) is 19.4 Å². The summed E-state index contributed by atoms with van der Waals surface area (Å²) in [4.78, 5) is 20.6. The molecule has 1 N–H and O–H groups in total. The molecule has 6 heteroatoms. The van der Waals surface area contributed by atoms with Crippen LogP contribution in [0.3, 0.4) is 0 Å². The number of rotatable bonds is 11. The second-order valence-electron chi connectivity index (χ2n) is 9.52. The highest BCUT2D eigenvalue weighted by molar-refractivity contribution is 5.95. The Kier molecular flexibility index (Phi) is 8.45. The quantitative estimate of drug-likeness (QED) is 0.338. The Hall–Kier alpha value is -3.02. The molecule has 0 saturated heterocycles. The van der Waals surface area contributed by atoms with Gasteiger partial charge in [-0.05, 0) is 36.0 Å². The van der Waals surface area contributed by atoms with Gasteiger partial charge in [-0.2, -0.15) is 5.10 Å². The fourth-order valence-electron chi connectivity index (χ4n) is 4.96. The average Bonchev–Trinajstić information content (AvgIpc) is 3.25. The summed E-state index contributed by atoms with van der Waals surface area (Å²) in [6.07, 6.45) is 16.4. The van der Waals surface area contributed by atoms with Crippen molar-refractivity contribution in [1.29, 1.82) is 0 Å². The summed E-state index contributed by atoms with van der Waals surface area (Å²) in [7, 11) is 0. The number of aromatic nitrogens is 4.